The molecule has 4 nitrogen and oxygen atoms in total. The molecular weight excluding hydrogens is 400 g/mol. The Bertz CT molecular complexity index is 695. The highest BCUT2D eigenvalue weighted by atomic mass is 16.5. The average Bonchev–Trinajstić information content (AvgIpc) is 2.80. The number of rotatable bonds is 10. The van der Waals surface area contributed by atoms with Crippen LogP contribution in [0.4, 0.5) is 0 Å². The summed E-state index contributed by atoms with van der Waals surface area (Å²) < 4.78 is 10.6. The van der Waals surface area contributed by atoms with E-state index in [0.717, 1.165) is 43.4 Å². The lowest BCUT2D eigenvalue weighted by molar-refractivity contribution is -0.140. The van der Waals surface area contributed by atoms with E-state index in [-0.39, 0.29) is 17.9 Å². The predicted molar refractivity (Wildman–Crippen MR) is 128 cm³/mol. The maximum atomic E-state index is 12.6. The Balaban J connectivity index is 1.33. The van der Waals surface area contributed by atoms with Crippen molar-refractivity contribution in [2.24, 2.45) is 23.7 Å². The van der Waals surface area contributed by atoms with Gasteiger partial charge in [-0.3, -0.25) is 9.59 Å². The van der Waals surface area contributed by atoms with Crippen LogP contribution in [0.15, 0.2) is 24.3 Å². The molecule has 178 valence electrons. The van der Waals surface area contributed by atoms with Crippen LogP contribution in [0.2, 0.25) is 0 Å². The van der Waals surface area contributed by atoms with Gasteiger partial charge in [0.05, 0.1) is 5.92 Å². The summed E-state index contributed by atoms with van der Waals surface area (Å²) in [5.74, 6) is 3.15. The lowest BCUT2D eigenvalue weighted by Gasteiger charge is -2.37. The third-order valence-electron chi connectivity index (χ3n) is 7.68. The molecule has 0 amide bonds. The summed E-state index contributed by atoms with van der Waals surface area (Å²) in [5.41, 5.74) is 0. The molecule has 32 heavy (non-hydrogen) atoms. The molecule has 0 spiro atoms. The number of unbranched alkanes of at least 4 members (excludes halogenated alkanes) is 4. The van der Waals surface area contributed by atoms with Crippen molar-refractivity contribution in [3.63, 3.8) is 0 Å². The van der Waals surface area contributed by atoms with Gasteiger partial charge in [-0.1, -0.05) is 58.3 Å². The van der Waals surface area contributed by atoms with Crippen molar-refractivity contribution in [1.82, 2.24) is 0 Å². The Hall–Kier alpha value is -1.84. The summed E-state index contributed by atoms with van der Waals surface area (Å²) in [6.07, 6.45) is 18.3. The third kappa shape index (κ3) is 7.94. The van der Waals surface area contributed by atoms with E-state index in [1.54, 1.807) is 24.3 Å². The number of ether oxygens (including phenoxy) is 2. The smallest absolute Gasteiger partial charge is 0.314 e. The van der Waals surface area contributed by atoms with Crippen LogP contribution in [-0.2, 0) is 9.59 Å². The maximum Gasteiger partial charge on any atom is 0.314 e. The monoisotopic (exact) mass is 442 g/mol. The Morgan fingerprint density at radius 2 is 1.28 bits per heavy atom. The molecule has 2 saturated carbocycles. The molecule has 0 unspecified atom stereocenters. The van der Waals surface area contributed by atoms with Gasteiger partial charge in [0.25, 0.3) is 0 Å². The highest BCUT2D eigenvalue weighted by Gasteiger charge is 2.33. The van der Waals surface area contributed by atoms with Gasteiger partial charge in [-0.15, -0.1) is 0 Å². The SMILES string of the molecule is CCCCCCCC1CCC(C2CCC(C(=O)Oc3ccc(OC(C)=O)cc3)CC2)CC1. The second-order valence-corrected chi connectivity index (χ2v) is 10.1. The fourth-order valence-electron chi connectivity index (χ4n) is 5.75. The highest BCUT2D eigenvalue weighted by molar-refractivity contribution is 5.75. The van der Waals surface area contributed by atoms with Gasteiger partial charge in [0.15, 0.2) is 0 Å². The first-order chi connectivity index (χ1) is 15.5. The van der Waals surface area contributed by atoms with Crippen LogP contribution in [0.1, 0.15) is 104 Å². The van der Waals surface area contributed by atoms with E-state index in [1.165, 1.54) is 71.1 Å². The van der Waals surface area contributed by atoms with Crippen molar-refractivity contribution in [3.05, 3.63) is 24.3 Å². The zero-order chi connectivity index (χ0) is 22.8. The van der Waals surface area contributed by atoms with Gasteiger partial charge in [-0.05, 0) is 80.5 Å². The van der Waals surface area contributed by atoms with Crippen LogP contribution in [0.25, 0.3) is 0 Å². The number of hydrogen-bond donors (Lipinski definition) is 0. The van der Waals surface area contributed by atoms with E-state index < -0.39 is 0 Å². The van der Waals surface area contributed by atoms with Crippen LogP contribution in [0, 0.1) is 23.7 Å². The maximum absolute atomic E-state index is 12.6. The minimum Gasteiger partial charge on any atom is -0.427 e. The molecule has 2 fully saturated rings. The Morgan fingerprint density at radius 1 is 0.750 bits per heavy atom. The number of benzene rings is 1. The minimum atomic E-state index is -0.359. The number of esters is 2. The molecule has 0 aliphatic heterocycles. The first-order valence-corrected chi connectivity index (χ1v) is 13.0. The zero-order valence-corrected chi connectivity index (χ0v) is 20.2. The fraction of sp³-hybridized carbons (Fsp3) is 0.714. The molecule has 3 rings (SSSR count). The number of carbonyl (C=O) groups is 2. The summed E-state index contributed by atoms with van der Waals surface area (Å²) in [6, 6.07) is 6.68. The molecule has 1 aromatic rings. The van der Waals surface area contributed by atoms with Gasteiger partial charge in [0, 0.05) is 6.92 Å². The first kappa shape index (κ1) is 24.8. The van der Waals surface area contributed by atoms with Crippen molar-refractivity contribution in [2.45, 2.75) is 104 Å². The quantitative estimate of drug-likeness (QED) is 0.214. The minimum absolute atomic E-state index is 0.0128. The topological polar surface area (TPSA) is 52.6 Å². The molecular formula is C28H42O4. The molecule has 2 aliphatic rings. The van der Waals surface area contributed by atoms with Crippen LogP contribution in [0.3, 0.4) is 0 Å². The van der Waals surface area contributed by atoms with Crippen LogP contribution >= 0.6 is 0 Å². The normalized spacial score (nSPS) is 25.8. The van der Waals surface area contributed by atoms with E-state index in [4.69, 9.17) is 9.47 Å². The van der Waals surface area contributed by atoms with Gasteiger partial charge < -0.3 is 9.47 Å². The molecule has 0 bridgehead atoms. The van der Waals surface area contributed by atoms with E-state index in [0.29, 0.717) is 11.5 Å². The largest absolute Gasteiger partial charge is 0.427 e. The zero-order valence-electron chi connectivity index (χ0n) is 20.2. The van der Waals surface area contributed by atoms with Gasteiger partial charge in [-0.25, -0.2) is 0 Å². The number of hydrogen-bond acceptors (Lipinski definition) is 4. The van der Waals surface area contributed by atoms with Gasteiger partial charge in [0.2, 0.25) is 0 Å². The summed E-state index contributed by atoms with van der Waals surface area (Å²) in [4.78, 5) is 23.6. The van der Waals surface area contributed by atoms with Gasteiger partial charge in [-0.2, -0.15) is 0 Å². The summed E-state index contributed by atoms with van der Waals surface area (Å²) in [5, 5.41) is 0. The molecule has 0 heterocycles. The van der Waals surface area contributed by atoms with E-state index in [1.807, 2.05) is 0 Å². The Labute approximate surface area is 194 Å². The molecule has 0 radical (unpaired) electrons. The average molecular weight is 443 g/mol. The van der Waals surface area contributed by atoms with Crippen molar-refractivity contribution < 1.29 is 19.1 Å². The predicted octanol–water partition coefficient (Wildman–Crippen LogP) is 7.49. The van der Waals surface area contributed by atoms with E-state index >= 15 is 0 Å². The standard InChI is InChI=1S/C28H42O4/c1-3-4-5-6-7-8-22-9-11-23(12-10-22)24-13-15-25(16-14-24)28(30)32-27-19-17-26(18-20-27)31-21(2)29/h17-20,22-25H,3-16H2,1-2H3. The summed E-state index contributed by atoms with van der Waals surface area (Å²) in [7, 11) is 0. The molecule has 0 atom stereocenters. The van der Waals surface area contributed by atoms with Crippen molar-refractivity contribution in [3.8, 4) is 11.5 Å². The van der Waals surface area contributed by atoms with Crippen molar-refractivity contribution in [1.29, 1.82) is 0 Å². The second kappa shape index (κ2) is 13.0. The molecule has 1 aromatic carbocycles. The van der Waals surface area contributed by atoms with Crippen LogP contribution in [-0.4, -0.2) is 11.9 Å². The van der Waals surface area contributed by atoms with Gasteiger partial charge >= 0.3 is 11.9 Å². The number of carbonyl (C=O) groups excluding carboxylic acids is 2. The third-order valence-corrected chi connectivity index (χ3v) is 7.68. The summed E-state index contributed by atoms with van der Waals surface area (Å²) in [6.45, 7) is 3.65. The van der Waals surface area contributed by atoms with Crippen molar-refractivity contribution >= 4 is 11.9 Å². The first-order valence-electron chi connectivity index (χ1n) is 13.0. The Kier molecular flexibility index (Phi) is 10.1. The molecule has 0 N–H and O–H groups in total. The van der Waals surface area contributed by atoms with Crippen molar-refractivity contribution in [2.75, 3.05) is 0 Å². The molecule has 2 aliphatic carbocycles. The van der Waals surface area contributed by atoms with Crippen LogP contribution < -0.4 is 9.47 Å². The van der Waals surface area contributed by atoms with E-state index in [9.17, 15) is 9.59 Å². The molecule has 0 saturated heterocycles. The fourth-order valence-corrected chi connectivity index (χ4v) is 5.75. The molecule has 0 aromatic heterocycles. The van der Waals surface area contributed by atoms with Gasteiger partial charge in [0.1, 0.15) is 11.5 Å². The second-order valence-electron chi connectivity index (χ2n) is 10.1. The summed E-state index contributed by atoms with van der Waals surface area (Å²) >= 11 is 0. The van der Waals surface area contributed by atoms with Crippen LogP contribution in [0.5, 0.6) is 11.5 Å². The Morgan fingerprint density at radius 3 is 1.84 bits per heavy atom. The lowest BCUT2D eigenvalue weighted by Crippen LogP contribution is -2.30. The van der Waals surface area contributed by atoms with E-state index in [2.05, 4.69) is 6.92 Å². The highest BCUT2D eigenvalue weighted by Crippen LogP contribution is 2.42. The lowest BCUT2D eigenvalue weighted by atomic mass is 9.68. The molecule has 4 heteroatoms.